The molecule has 1 aliphatic heterocycles. The van der Waals surface area contributed by atoms with Crippen molar-refractivity contribution in [3.05, 3.63) is 64.9 Å². The molecule has 0 bridgehead atoms. The molecule has 0 aliphatic carbocycles. The van der Waals surface area contributed by atoms with E-state index in [4.69, 9.17) is 9.47 Å². The number of para-hydroxylation sites is 1. The van der Waals surface area contributed by atoms with Gasteiger partial charge in [-0.25, -0.2) is 0 Å². The van der Waals surface area contributed by atoms with Gasteiger partial charge >= 0.3 is 0 Å². The van der Waals surface area contributed by atoms with Crippen LogP contribution in [0.3, 0.4) is 0 Å². The molecule has 4 rings (SSSR count). The van der Waals surface area contributed by atoms with E-state index in [1.165, 1.54) is 20.8 Å². The maximum absolute atomic E-state index is 6.10. The van der Waals surface area contributed by atoms with Crippen LogP contribution in [0.2, 0.25) is 0 Å². The summed E-state index contributed by atoms with van der Waals surface area (Å²) in [6, 6.07) is 14.4. The van der Waals surface area contributed by atoms with Gasteiger partial charge in [0, 0.05) is 5.56 Å². The zero-order valence-electron chi connectivity index (χ0n) is 14.6. The molecule has 3 aromatic rings. The fourth-order valence-corrected chi connectivity index (χ4v) is 4.31. The molecule has 0 N–H and O–H groups in total. The monoisotopic (exact) mass is 350 g/mol. The van der Waals surface area contributed by atoms with Gasteiger partial charge in [0.15, 0.2) is 0 Å². The molecule has 2 heterocycles. The Bertz CT molecular complexity index is 1010. The van der Waals surface area contributed by atoms with Crippen LogP contribution in [0.5, 0.6) is 11.5 Å². The Morgan fingerprint density at radius 2 is 2.04 bits per heavy atom. The van der Waals surface area contributed by atoms with E-state index in [9.17, 15) is 0 Å². The van der Waals surface area contributed by atoms with E-state index in [1.54, 1.807) is 18.4 Å². The second kappa shape index (κ2) is 6.37. The van der Waals surface area contributed by atoms with Crippen molar-refractivity contribution >= 4 is 33.2 Å². The van der Waals surface area contributed by atoms with Gasteiger partial charge in [-0.1, -0.05) is 29.5 Å². The molecule has 0 spiro atoms. The summed E-state index contributed by atoms with van der Waals surface area (Å²) in [5.41, 5.74) is 3.57. The van der Waals surface area contributed by atoms with Gasteiger partial charge in [-0.3, -0.25) is 0 Å². The molecule has 25 heavy (non-hydrogen) atoms. The first-order valence-corrected chi connectivity index (χ1v) is 9.19. The minimum atomic E-state index is 0.872. The lowest BCUT2D eigenvalue weighted by molar-refractivity contribution is -0.665. The number of allylic oxidation sites excluding steroid dienone is 2. The fraction of sp³-hybridized carbons (Fsp3) is 0.190. The summed E-state index contributed by atoms with van der Waals surface area (Å²) in [6.07, 6.45) is 4.23. The van der Waals surface area contributed by atoms with Gasteiger partial charge in [-0.05, 0) is 43.7 Å². The number of ether oxygens (including phenoxy) is 2. The molecule has 0 amide bonds. The smallest absolute Gasteiger partial charge is 0.266 e. The molecule has 0 fully saturated rings. The topological polar surface area (TPSA) is 22.3 Å². The van der Waals surface area contributed by atoms with Crippen molar-refractivity contribution in [1.82, 2.24) is 0 Å². The number of hydrogen-bond acceptors (Lipinski definition) is 3. The van der Waals surface area contributed by atoms with E-state index in [0.29, 0.717) is 0 Å². The van der Waals surface area contributed by atoms with Crippen molar-refractivity contribution in [3.63, 3.8) is 0 Å². The highest BCUT2D eigenvalue weighted by Crippen LogP contribution is 2.34. The highest BCUT2D eigenvalue weighted by molar-refractivity contribution is 7.18. The first kappa shape index (κ1) is 15.9. The third-order valence-corrected chi connectivity index (χ3v) is 5.53. The van der Waals surface area contributed by atoms with E-state index in [1.807, 2.05) is 24.3 Å². The van der Waals surface area contributed by atoms with E-state index >= 15 is 0 Å². The molecular formula is C21H20NO2S+. The van der Waals surface area contributed by atoms with Crippen LogP contribution in [-0.4, -0.2) is 7.11 Å². The van der Waals surface area contributed by atoms with Crippen LogP contribution in [0.1, 0.15) is 24.4 Å². The molecule has 0 saturated carbocycles. The first-order chi connectivity index (χ1) is 12.2. The van der Waals surface area contributed by atoms with Gasteiger partial charge in [0.1, 0.15) is 28.5 Å². The number of aromatic nitrogens is 1. The number of aryl methyl sites for hydroxylation is 1. The minimum Gasteiger partial charge on any atom is -0.497 e. The van der Waals surface area contributed by atoms with E-state index < -0.39 is 0 Å². The second-order valence-corrected chi connectivity index (χ2v) is 7.05. The Kier molecular flexibility index (Phi) is 4.06. The summed E-state index contributed by atoms with van der Waals surface area (Å²) < 4.78 is 15.0. The lowest BCUT2D eigenvalue weighted by Gasteiger charge is -2.17. The second-order valence-electron chi connectivity index (χ2n) is 5.99. The molecule has 0 saturated heterocycles. The van der Waals surface area contributed by atoms with E-state index in [0.717, 1.165) is 29.4 Å². The van der Waals surface area contributed by atoms with Gasteiger partial charge in [0.25, 0.3) is 5.01 Å². The molecule has 0 unspecified atom stereocenters. The van der Waals surface area contributed by atoms with Crippen LogP contribution < -0.4 is 14.0 Å². The van der Waals surface area contributed by atoms with Gasteiger partial charge < -0.3 is 9.47 Å². The largest absolute Gasteiger partial charge is 0.497 e. The summed E-state index contributed by atoms with van der Waals surface area (Å²) >= 11 is 1.77. The van der Waals surface area contributed by atoms with Crippen LogP contribution in [0.25, 0.3) is 21.9 Å². The van der Waals surface area contributed by atoms with Crippen LogP contribution in [0.15, 0.2) is 54.3 Å². The molecular weight excluding hydrogens is 330 g/mol. The third-order valence-electron chi connectivity index (χ3n) is 4.42. The van der Waals surface area contributed by atoms with Crippen LogP contribution in [0.4, 0.5) is 0 Å². The van der Waals surface area contributed by atoms with Crippen molar-refractivity contribution in [2.24, 2.45) is 0 Å². The van der Waals surface area contributed by atoms with Crippen LogP contribution in [0, 0.1) is 0 Å². The Morgan fingerprint density at radius 3 is 2.84 bits per heavy atom. The third kappa shape index (κ3) is 2.83. The average molecular weight is 350 g/mol. The molecule has 126 valence electrons. The van der Waals surface area contributed by atoms with Crippen molar-refractivity contribution in [3.8, 4) is 11.5 Å². The number of fused-ring (bicyclic) bond motifs is 2. The number of methoxy groups -OCH3 is 1. The number of nitrogens with zero attached hydrogens (tertiary/aromatic N) is 1. The molecule has 1 aromatic heterocycles. The van der Waals surface area contributed by atoms with Crippen molar-refractivity contribution in [1.29, 1.82) is 0 Å². The first-order valence-electron chi connectivity index (χ1n) is 8.37. The van der Waals surface area contributed by atoms with Crippen molar-refractivity contribution < 1.29 is 14.0 Å². The maximum Gasteiger partial charge on any atom is 0.266 e. The molecule has 3 nitrogen and oxygen atoms in total. The molecule has 0 radical (unpaired) electrons. The fourth-order valence-electron chi connectivity index (χ4n) is 3.16. The zero-order chi connectivity index (χ0) is 17.4. The number of rotatable bonds is 3. The van der Waals surface area contributed by atoms with E-state index in [-0.39, 0.29) is 0 Å². The maximum atomic E-state index is 6.10. The molecule has 1 aliphatic rings. The molecule has 0 atom stereocenters. The molecule has 4 heteroatoms. The molecule has 2 aromatic carbocycles. The van der Waals surface area contributed by atoms with Gasteiger partial charge in [-0.15, -0.1) is 0 Å². The highest BCUT2D eigenvalue weighted by atomic mass is 32.1. The Labute approximate surface area is 151 Å². The van der Waals surface area contributed by atoms with Crippen molar-refractivity contribution in [2.45, 2.75) is 20.4 Å². The Morgan fingerprint density at radius 1 is 1.20 bits per heavy atom. The summed E-state index contributed by atoms with van der Waals surface area (Å²) in [5, 5.41) is 1.17. The summed E-state index contributed by atoms with van der Waals surface area (Å²) in [7, 11) is 1.70. The van der Waals surface area contributed by atoms with Gasteiger partial charge in [0.2, 0.25) is 5.52 Å². The summed E-state index contributed by atoms with van der Waals surface area (Å²) in [5.74, 6) is 2.67. The Balaban J connectivity index is 1.81. The summed E-state index contributed by atoms with van der Waals surface area (Å²) in [6.45, 7) is 5.18. The van der Waals surface area contributed by atoms with Gasteiger partial charge in [-0.2, -0.15) is 4.57 Å². The van der Waals surface area contributed by atoms with Crippen LogP contribution in [-0.2, 0) is 6.54 Å². The average Bonchev–Trinajstić information content (AvgIpc) is 2.97. The SMILES string of the molecule is CC[n+]1c(C=C2C=C(C)c3ccccc3O2)sc2ccc(OC)cc21. The predicted molar refractivity (Wildman–Crippen MR) is 103 cm³/mol. The Hall–Kier alpha value is -2.59. The number of benzene rings is 2. The zero-order valence-corrected chi connectivity index (χ0v) is 15.4. The van der Waals surface area contributed by atoms with Gasteiger partial charge in [0.05, 0.1) is 19.3 Å². The summed E-state index contributed by atoms with van der Waals surface area (Å²) in [4.78, 5) is 0. The quantitative estimate of drug-likeness (QED) is 0.617. The predicted octanol–water partition coefficient (Wildman–Crippen LogP) is 5.05. The number of thiazole rings is 1. The van der Waals surface area contributed by atoms with Crippen molar-refractivity contribution in [2.75, 3.05) is 7.11 Å². The number of hydrogen-bond donors (Lipinski definition) is 0. The lowest BCUT2D eigenvalue weighted by Crippen LogP contribution is -2.33. The standard InChI is InChI=1S/C21H20NO2S/c1-4-22-18-12-15(23-3)9-10-20(18)25-21(22)13-16-11-14(2)17-7-5-6-8-19(17)24-16/h5-13H,4H2,1-3H3/q+1. The lowest BCUT2D eigenvalue weighted by atomic mass is 10.0. The van der Waals surface area contributed by atoms with E-state index in [2.05, 4.69) is 48.8 Å². The minimum absolute atomic E-state index is 0.872. The highest BCUT2D eigenvalue weighted by Gasteiger charge is 2.20. The van der Waals surface area contributed by atoms with Crippen LogP contribution >= 0.6 is 11.3 Å². The normalized spacial score (nSPS) is 15.0.